The lowest BCUT2D eigenvalue weighted by atomic mass is 10.1. The number of hydrogen-bond donors (Lipinski definition) is 2. The third-order valence-corrected chi connectivity index (χ3v) is 3.16. The highest BCUT2D eigenvalue weighted by molar-refractivity contribution is 6.31. The van der Waals surface area contributed by atoms with E-state index in [1.165, 1.54) is 0 Å². The van der Waals surface area contributed by atoms with Gasteiger partial charge in [0.2, 0.25) is 0 Å². The number of ether oxygens (including phenoxy) is 1. The highest BCUT2D eigenvalue weighted by atomic mass is 35.5. The number of nitrogen functional groups attached to an aromatic ring is 1. The SMILES string of the molecule is CC(C)C(C)OCc1ccc(C(=N)N)cc1Cl. The standard InChI is InChI=1S/C13H19ClN2O/c1-8(2)9(3)17-7-11-5-4-10(13(15)16)6-12(11)14/h4-6,8-9H,7H2,1-3H3,(H3,15,16). The Bertz CT molecular complexity index is 404. The Labute approximate surface area is 107 Å². The Morgan fingerprint density at radius 3 is 2.53 bits per heavy atom. The van der Waals surface area contributed by atoms with Gasteiger partial charge in [-0.15, -0.1) is 0 Å². The molecule has 0 spiro atoms. The summed E-state index contributed by atoms with van der Waals surface area (Å²) in [5.74, 6) is 0.500. The maximum absolute atomic E-state index is 7.32. The van der Waals surface area contributed by atoms with Crippen LogP contribution in [-0.4, -0.2) is 11.9 Å². The van der Waals surface area contributed by atoms with Crippen LogP contribution in [0, 0.1) is 11.3 Å². The molecule has 17 heavy (non-hydrogen) atoms. The lowest BCUT2D eigenvalue weighted by Gasteiger charge is -2.17. The minimum Gasteiger partial charge on any atom is -0.384 e. The number of benzene rings is 1. The van der Waals surface area contributed by atoms with Crippen molar-refractivity contribution in [2.24, 2.45) is 11.7 Å². The molecule has 0 fully saturated rings. The fourth-order valence-corrected chi connectivity index (χ4v) is 1.48. The number of hydrogen-bond acceptors (Lipinski definition) is 2. The molecule has 0 aromatic heterocycles. The van der Waals surface area contributed by atoms with Gasteiger partial charge in [0.15, 0.2) is 0 Å². The molecule has 0 radical (unpaired) electrons. The van der Waals surface area contributed by atoms with Crippen molar-refractivity contribution in [2.75, 3.05) is 0 Å². The highest BCUT2D eigenvalue weighted by Crippen LogP contribution is 2.20. The van der Waals surface area contributed by atoms with E-state index in [-0.39, 0.29) is 11.9 Å². The Morgan fingerprint density at radius 1 is 1.41 bits per heavy atom. The van der Waals surface area contributed by atoms with E-state index in [4.69, 9.17) is 27.5 Å². The summed E-state index contributed by atoms with van der Waals surface area (Å²) in [7, 11) is 0. The predicted octanol–water partition coefficient (Wildman–Crippen LogP) is 3.19. The summed E-state index contributed by atoms with van der Waals surface area (Å²) in [6.45, 7) is 6.76. The smallest absolute Gasteiger partial charge is 0.122 e. The number of amidine groups is 1. The van der Waals surface area contributed by atoms with Crippen molar-refractivity contribution < 1.29 is 4.74 Å². The minimum atomic E-state index is 0.0231. The van der Waals surface area contributed by atoms with Crippen LogP contribution in [-0.2, 0) is 11.3 Å². The van der Waals surface area contributed by atoms with Crippen molar-refractivity contribution in [3.05, 3.63) is 34.3 Å². The summed E-state index contributed by atoms with van der Waals surface area (Å²) in [4.78, 5) is 0. The van der Waals surface area contributed by atoms with E-state index in [1.54, 1.807) is 12.1 Å². The van der Waals surface area contributed by atoms with Crippen LogP contribution in [0.5, 0.6) is 0 Å². The second-order valence-corrected chi connectivity index (χ2v) is 4.89. The monoisotopic (exact) mass is 254 g/mol. The van der Waals surface area contributed by atoms with E-state index < -0.39 is 0 Å². The molecule has 1 atom stereocenters. The molecule has 0 aliphatic rings. The topological polar surface area (TPSA) is 59.1 Å². The molecule has 94 valence electrons. The van der Waals surface area contributed by atoms with Crippen LogP contribution in [0.15, 0.2) is 18.2 Å². The molecule has 1 aromatic rings. The molecule has 0 saturated heterocycles. The van der Waals surface area contributed by atoms with Crippen molar-refractivity contribution in [3.63, 3.8) is 0 Å². The molecule has 0 amide bonds. The lowest BCUT2D eigenvalue weighted by Crippen LogP contribution is -2.15. The van der Waals surface area contributed by atoms with Crippen LogP contribution >= 0.6 is 11.6 Å². The van der Waals surface area contributed by atoms with Crippen LogP contribution in [0.3, 0.4) is 0 Å². The zero-order valence-electron chi connectivity index (χ0n) is 10.5. The number of halogens is 1. The molecule has 0 aliphatic heterocycles. The van der Waals surface area contributed by atoms with E-state index in [0.717, 1.165) is 5.56 Å². The molecule has 1 unspecified atom stereocenters. The summed E-state index contributed by atoms with van der Waals surface area (Å²) >= 11 is 6.10. The van der Waals surface area contributed by atoms with E-state index in [2.05, 4.69) is 13.8 Å². The number of rotatable bonds is 5. The van der Waals surface area contributed by atoms with E-state index in [0.29, 0.717) is 23.1 Å². The average molecular weight is 255 g/mol. The van der Waals surface area contributed by atoms with Gasteiger partial charge in [0, 0.05) is 10.6 Å². The zero-order valence-corrected chi connectivity index (χ0v) is 11.2. The van der Waals surface area contributed by atoms with Crippen molar-refractivity contribution in [3.8, 4) is 0 Å². The summed E-state index contributed by atoms with van der Waals surface area (Å²) in [6.07, 6.45) is 0.193. The first-order valence-corrected chi connectivity index (χ1v) is 6.04. The molecule has 1 rings (SSSR count). The molecule has 3 nitrogen and oxygen atoms in total. The second kappa shape index (κ2) is 6.03. The molecule has 0 saturated carbocycles. The fourth-order valence-electron chi connectivity index (χ4n) is 1.25. The molecule has 0 aliphatic carbocycles. The Balaban J connectivity index is 2.70. The normalized spacial score (nSPS) is 12.8. The summed E-state index contributed by atoms with van der Waals surface area (Å²) in [6, 6.07) is 5.34. The minimum absolute atomic E-state index is 0.0231. The molecule has 1 aromatic carbocycles. The predicted molar refractivity (Wildman–Crippen MR) is 71.6 cm³/mol. The van der Waals surface area contributed by atoms with Crippen molar-refractivity contribution in [2.45, 2.75) is 33.5 Å². The van der Waals surface area contributed by atoms with Crippen LogP contribution in [0.1, 0.15) is 31.9 Å². The second-order valence-electron chi connectivity index (χ2n) is 4.48. The Kier molecular flexibility index (Phi) is 4.97. The van der Waals surface area contributed by atoms with Crippen molar-refractivity contribution >= 4 is 17.4 Å². The lowest BCUT2D eigenvalue weighted by molar-refractivity contribution is 0.0235. The van der Waals surface area contributed by atoms with Crippen molar-refractivity contribution in [1.82, 2.24) is 0 Å². The average Bonchev–Trinajstić information content (AvgIpc) is 2.26. The van der Waals surface area contributed by atoms with Gasteiger partial charge in [0.05, 0.1) is 12.7 Å². The molecule has 0 heterocycles. The molecule has 0 bridgehead atoms. The molecular weight excluding hydrogens is 236 g/mol. The van der Waals surface area contributed by atoms with Gasteiger partial charge in [0.1, 0.15) is 5.84 Å². The maximum atomic E-state index is 7.32. The first-order chi connectivity index (χ1) is 7.91. The first-order valence-electron chi connectivity index (χ1n) is 5.66. The van der Waals surface area contributed by atoms with Gasteiger partial charge < -0.3 is 10.5 Å². The Morgan fingerprint density at radius 2 is 2.06 bits per heavy atom. The van der Waals surface area contributed by atoms with E-state index in [9.17, 15) is 0 Å². The summed E-state index contributed by atoms with van der Waals surface area (Å²) in [5, 5.41) is 7.91. The zero-order chi connectivity index (χ0) is 13.0. The van der Waals surface area contributed by atoms with Crippen molar-refractivity contribution in [1.29, 1.82) is 5.41 Å². The maximum Gasteiger partial charge on any atom is 0.122 e. The third kappa shape index (κ3) is 4.02. The van der Waals surface area contributed by atoms with Gasteiger partial charge in [-0.1, -0.05) is 37.6 Å². The quantitative estimate of drug-likeness (QED) is 0.626. The summed E-state index contributed by atoms with van der Waals surface area (Å²) < 4.78 is 5.70. The summed E-state index contributed by atoms with van der Waals surface area (Å²) in [5.41, 5.74) is 6.94. The molecule has 4 heteroatoms. The van der Waals surface area contributed by atoms with Gasteiger partial charge >= 0.3 is 0 Å². The van der Waals surface area contributed by atoms with Crippen LogP contribution in [0.25, 0.3) is 0 Å². The van der Waals surface area contributed by atoms with Gasteiger partial charge in [0.25, 0.3) is 0 Å². The highest BCUT2D eigenvalue weighted by Gasteiger charge is 2.09. The molecule has 3 N–H and O–H groups in total. The first kappa shape index (κ1) is 14.0. The van der Waals surface area contributed by atoms with E-state index >= 15 is 0 Å². The fraction of sp³-hybridized carbons (Fsp3) is 0.462. The van der Waals surface area contributed by atoms with Gasteiger partial charge in [-0.05, 0) is 24.5 Å². The van der Waals surface area contributed by atoms with Crippen LogP contribution < -0.4 is 5.73 Å². The number of nitrogens with two attached hydrogens (primary N) is 1. The van der Waals surface area contributed by atoms with Crippen LogP contribution in [0.2, 0.25) is 5.02 Å². The van der Waals surface area contributed by atoms with Gasteiger partial charge in [-0.2, -0.15) is 0 Å². The largest absolute Gasteiger partial charge is 0.384 e. The van der Waals surface area contributed by atoms with Gasteiger partial charge in [-0.3, -0.25) is 5.41 Å². The molecular formula is C13H19ClN2O. The number of nitrogens with one attached hydrogen (secondary N) is 1. The Hall–Kier alpha value is -1.06. The van der Waals surface area contributed by atoms with Crippen LogP contribution in [0.4, 0.5) is 0 Å². The van der Waals surface area contributed by atoms with E-state index in [1.807, 2.05) is 13.0 Å². The third-order valence-electron chi connectivity index (χ3n) is 2.80. The van der Waals surface area contributed by atoms with Gasteiger partial charge in [-0.25, -0.2) is 0 Å².